The fraction of sp³-hybridized carbons (Fsp3) is 0.500. The van der Waals surface area contributed by atoms with Crippen molar-refractivity contribution in [1.29, 1.82) is 0 Å². The normalized spacial score (nSPS) is 13.8. The highest BCUT2D eigenvalue weighted by molar-refractivity contribution is 7.81. The van der Waals surface area contributed by atoms with Crippen molar-refractivity contribution in [3.8, 4) is 0 Å². The van der Waals surface area contributed by atoms with Gasteiger partial charge < -0.3 is 41.4 Å². The molecule has 16 heteroatoms. The number of anilines is 1. The van der Waals surface area contributed by atoms with Crippen molar-refractivity contribution >= 4 is 72.5 Å². The van der Waals surface area contributed by atoms with Gasteiger partial charge in [0.05, 0.1) is 25.1 Å². The highest BCUT2D eigenvalue weighted by Gasteiger charge is 2.28. The van der Waals surface area contributed by atoms with E-state index in [0.29, 0.717) is 30.9 Å². The Kier molecular flexibility index (Phi) is 25.2. The standard InChI is InChI=1S/C30H41ClN4O5S.2ClH.3H2O/c1-21(2)40-19-18-35(29(37)27(41)20-26(32)30(38)39-3)25-10-6-23(7-11-25)28(36)34-16-14-33(15-17-34)13-12-22-4-8-24(31)9-5-22;;;;;/h4-11,21,26-27,41H,12-20,32H2,1-3H3;2*1H;3*1H2. The van der Waals surface area contributed by atoms with E-state index in [2.05, 4.69) is 22.3 Å². The van der Waals surface area contributed by atoms with Gasteiger partial charge in [0.25, 0.3) is 5.91 Å². The van der Waals surface area contributed by atoms with E-state index in [1.807, 2.05) is 43.0 Å². The molecule has 2 aromatic carbocycles. The highest BCUT2D eigenvalue weighted by Crippen LogP contribution is 2.21. The topological polar surface area (TPSA) is 200 Å². The molecule has 2 atom stereocenters. The van der Waals surface area contributed by atoms with E-state index in [4.69, 9.17) is 22.1 Å². The minimum atomic E-state index is -0.960. The molecule has 1 heterocycles. The molecule has 46 heavy (non-hydrogen) atoms. The van der Waals surface area contributed by atoms with E-state index in [0.717, 1.165) is 31.1 Å². The van der Waals surface area contributed by atoms with Crippen LogP contribution in [0.3, 0.4) is 0 Å². The van der Waals surface area contributed by atoms with E-state index < -0.39 is 17.3 Å². The lowest BCUT2D eigenvalue weighted by atomic mass is 10.1. The summed E-state index contributed by atoms with van der Waals surface area (Å²) < 4.78 is 10.3. The Bertz CT molecular complexity index is 1160. The predicted octanol–water partition coefficient (Wildman–Crippen LogP) is 1.66. The quantitative estimate of drug-likeness (QED) is 0.230. The maximum atomic E-state index is 13.3. The molecule has 1 fully saturated rings. The second-order valence-corrected chi connectivity index (χ2v) is 11.4. The number of ether oxygens (including phenoxy) is 2. The van der Waals surface area contributed by atoms with Crippen LogP contribution in [0.25, 0.3) is 0 Å². The summed E-state index contributed by atoms with van der Waals surface area (Å²) in [5, 5.41) is -0.0833. The molecule has 2 unspecified atom stereocenters. The molecule has 8 N–H and O–H groups in total. The molecule has 1 aliphatic heterocycles. The van der Waals surface area contributed by atoms with Crippen molar-refractivity contribution in [2.75, 3.05) is 57.9 Å². The van der Waals surface area contributed by atoms with Crippen molar-refractivity contribution in [3.05, 3.63) is 64.7 Å². The molecule has 1 saturated heterocycles. The minimum absolute atomic E-state index is 0. The summed E-state index contributed by atoms with van der Waals surface area (Å²) in [7, 11) is 1.25. The molecule has 2 amide bonds. The van der Waals surface area contributed by atoms with Gasteiger partial charge in [-0.1, -0.05) is 23.7 Å². The molecule has 0 bridgehead atoms. The van der Waals surface area contributed by atoms with Crippen LogP contribution in [0.15, 0.2) is 48.5 Å². The summed E-state index contributed by atoms with van der Waals surface area (Å²) in [6.45, 7) is 8.30. The monoisotopic (exact) mass is 730 g/mol. The molecule has 3 rings (SSSR count). The zero-order chi connectivity index (χ0) is 29.9. The van der Waals surface area contributed by atoms with Crippen molar-refractivity contribution in [2.24, 2.45) is 5.73 Å². The number of benzene rings is 2. The second-order valence-electron chi connectivity index (χ2n) is 10.3. The molecule has 0 radical (unpaired) electrons. The van der Waals surface area contributed by atoms with Crippen LogP contribution >= 0.6 is 49.0 Å². The fourth-order valence-electron chi connectivity index (χ4n) is 4.59. The van der Waals surface area contributed by atoms with Gasteiger partial charge in [0.15, 0.2) is 0 Å². The molecule has 0 saturated carbocycles. The number of methoxy groups -OCH3 is 1. The lowest BCUT2D eigenvalue weighted by Gasteiger charge is -2.35. The Morgan fingerprint density at radius 2 is 1.52 bits per heavy atom. The van der Waals surface area contributed by atoms with Crippen LogP contribution in [0, 0.1) is 0 Å². The van der Waals surface area contributed by atoms with Gasteiger partial charge in [-0.3, -0.25) is 19.3 Å². The van der Waals surface area contributed by atoms with E-state index in [-0.39, 0.29) is 72.1 Å². The average molecular weight is 732 g/mol. The number of esters is 1. The molecular weight excluding hydrogens is 683 g/mol. The predicted molar refractivity (Wildman–Crippen MR) is 190 cm³/mol. The zero-order valence-corrected chi connectivity index (χ0v) is 29.6. The number of carbonyl (C=O) groups is 3. The van der Waals surface area contributed by atoms with Gasteiger partial charge in [-0.2, -0.15) is 12.6 Å². The summed E-state index contributed by atoms with van der Waals surface area (Å²) in [5.74, 6) is -0.948. The molecule has 0 aromatic heterocycles. The SMILES string of the molecule is COC(=O)C(N)CC(S)C(=O)N(CCOC(C)C)c1ccc(C(=O)N2CCN(CCc3ccc(Cl)cc3)CC2)cc1.Cl.Cl.O.O.O. The van der Waals surface area contributed by atoms with Crippen molar-refractivity contribution in [2.45, 2.75) is 44.1 Å². The lowest BCUT2D eigenvalue weighted by molar-refractivity contribution is -0.142. The number of nitrogens with zero attached hydrogens (tertiary/aromatic N) is 3. The van der Waals surface area contributed by atoms with Crippen LogP contribution in [0.5, 0.6) is 0 Å². The number of halogens is 3. The molecular formula is C30H49Cl3N4O8S. The number of amides is 2. The molecule has 264 valence electrons. The van der Waals surface area contributed by atoms with Crippen LogP contribution in [0.1, 0.15) is 36.2 Å². The Balaban J connectivity index is -0.00000370. The number of nitrogens with two attached hydrogens (primary N) is 1. The number of thiol groups is 1. The first-order chi connectivity index (χ1) is 19.6. The first-order valence-electron chi connectivity index (χ1n) is 13.9. The molecule has 1 aliphatic rings. The van der Waals surface area contributed by atoms with Crippen LogP contribution in [-0.4, -0.2) is 114 Å². The van der Waals surface area contributed by atoms with E-state index in [9.17, 15) is 14.4 Å². The summed E-state index contributed by atoms with van der Waals surface area (Å²) >= 11 is 10.4. The third-order valence-corrected chi connectivity index (χ3v) is 7.70. The Morgan fingerprint density at radius 1 is 0.957 bits per heavy atom. The summed E-state index contributed by atoms with van der Waals surface area (Å²) in [5.41, 5.74) is 8.27. The maximum Gasteiger partial charge on any atom is 0.322 e. The van der Waals surface area contributed by atoms with Gasteiger partial charge in [0, 0.05) is 55.5 Å². The Hall–Kier alpha value is -2.17. The smallest absolute Gasteiger partial charge is 0.322 e. The maximum absolute atomic E-state index is 13.3. The van der Waals surface area contributed by atoms with E-state index >= 15 is 0 Å². The van der Waals surface area contributed by atoms with E-state index in [1.165, 1.54) is 12.7 Å². The minimum Gasteiger partial charge on any atom is -0.468 e. The lowest BCUT2D eigenvalue weighted by Crippen LogP contribution is -2.49. The Labute approximate surface area is 294 Å². The number of hydrogen-bond acceptors (Lipinski definition) is 8. The summed E-state index contributed by atoms with van der Waals surface area (Å²) in [6.07, 6.45) is 0.967. The van der Waals surface area contributed by atoms with Gasteiger partial charge in [0.1, 0.15) is 6.04 Å². The third kappa shape index (κ3) is 14.7. The highest BCUT2D eigenvalue weighted by atomic mass is 35.5. The number of piperazine rings is 1. The molecule has 0 aliphatic carbocycles. The summed E-state index contributed by atoms with van der Waals surface area (Å²) in [4.78, 5) is 44.1. The third-order valence-electron chi connectivity index (χ3n) is 7.01. The van der Waals surface area contributed by atoms with Gasteiger partial charge >= 0.3 is 5.97 Å². The van der Waals surface area contributed by atoms with Crippen LogP contribution in [-0.2, 0) is 25.5 Å². The van der Waals surface area contributed by atoms with Gasteiger partial charge in [-0.25, -0.2) is 0 Å². The number of rotatable bonds is 13. The first kappa shape index (κ1) is 48.2. The molecule has 0 spiro atoms. The molecule has 2 aromatic rings. The van der Waals surface area contributed by atoms with Crippen LogP contribution < -0.4 is 10.6 Å². The fourth-order valence-corrected chi connectivity index (χ4v) is 5.09. The largest absolute Gasteiger partial charge is 0.468 e. The van der Waals surface area contributed by atoms with Crippen molar-refractivity contribution in [3.63, 3.8) is 0 Å². The van der Waals surface area contributed by atoms with Crippen LogP contribution in [0.4, 0.5) is 5.69 Å². The number of hydrogen-bond donors (Lipinski definition) is 2. The average Bonchev–Trinajstić information content (AvgIpc) is 2.98. The van der Waals surface area contributed by atoms with Crippen LogP contribution in [0.2, 0.25) is 5.02 Å². The summed E-state index contributed by atoms with van der Waals surface area (Å²) in [6, 6.07) is 13.9. The van der Waals surface area contributed by atoms with E-state index in [1.54, 1.807) is 29.2 Å². The van der Waals surface area contributed by atoms with Gasteiger partial charge in [-0.05, 0) is 68.7 Å². The Morgan fingerprint density at radius 3 is 2.04 bits per heavy atom. The molecule has 12 nitrogen and oxygen atoms in total. The first-order valence-corrected chi connectivity index (χ1v) is 14.8. The zero-order valence-electron chi connectivity index (χ0n) is 26.3. The van der Waals surface area contributed by atoms with Crippen molar-refractivity contribution in [1.82, 2.24) is 9.80 Å². The van der Waals surface area contributed by atoms with Gasteiger partial charge in [0.2, 0.25) is 5.91 Å². The second kappa shape index (κ2) is 24.0. The number of carbonyl (C=O) groups excluding carboxylic acids is 3. The van der Waals surface area contributed by atoms with Crippen molar-refractivity contribution < 1.29 is 40.3 Å². The van der Waals surface area contributed by atoms with Gasteiger partial charge in [-0.15, -0.1) is 24.8 Å².